The second-order valence-electron chi connectivity index (χ2n) is 5.95. The van der Waals surface area contributed by atoms with E-state index in [4.69, 9.17) is 4.74 Å². The maximum atomic E-state index is 13.1. The molecule has 3 aromatic rings. The molecule has 29 heavy (non-hydrogen) atoms. The molecule has 0 fully saturated rings. The molecule has 0 N–H and O–H groups in total. The summed E-state index contributed by atoms with van der Waals surface area (Å²) < 4.78 is 58.1. The zero-order chi connectivity index (χ0) is 20.9. The third-order valence-corrected chi connectivity index (χ3v) is 8.16. The Morgan fingerprint density at radius 3 is 1.55 bits per heavy atom. The highest BCUT2D eigenvalue weighted by atomic mass is 32.3. The first-order chi connectivity index (χ1) is 13.9. The molecule has 0 aliphatic rings. The predicted molar refractivity (Wildman–Crippen MR) is 111 cm³/mol. The monoisotopic (exact) mass is 429 g/mol. The van der Waals surface area contributed by atoms with Gasteiger partial charge in [0.1, 0.15) is 5.75 Å². The van der Waals surface area contributed by atoms with Crippen LogP contribution in [0.2, 0.25) is 0 Å². The van der Waals surface area contributed by atoms with Crippen molar-refractivity contribution in [1.82, 2.24) is 3.71 Å². The van der Waals surface area contributed by atoms with E-state index >= 15 is 0 Å². The molecule has 0 atom stereocenters. The van der Waals surface area contributed by atoms with E-state index in [2.05, 4.69) is 0 Å². The number of nitrogens with zero attached hydrogens (tertiary/aromatic N) is 1. The fourth-order valence-electron chi connectivity index (χ4n) is 2.54. The Kier molecular flexibility index (Phi) is 6.05. The van der Waals surface area contributed by atoms with Crippen LogP contribution in [0.25, 0.3) is 6.08 Å². The van der Waals surface area contributed by atoms with E-state index in [1.807, 2.05) is 0 Å². The fraction of sp³-hybridized carbons (Fsp3) is 0.0476. The molecule has 0 unspecified atom stereocenters. The molecule has 0 saturated heterocycles. The number of benzene rings is 3. The van der Waals surface area contributed by atoms with Crippen molar-refractivity contribution < 1.29 is 21.6 Å². The molecule has 3 aromatic carbocycles. The summed E-state index contributed by atoms with van der Waals surface area (Å²) in [5.74, 6) is 0.632. The summed E-state index contributed by atoms with van der Waals surface area (Å²) in [4.78, 5) is -0.252. The zero-order valence-electron chi connectivity index (χ0n) is 15.5. The number of sulfonamides is 2. The summed E-state index contributed by atoms with van der Waals surface area (Å²) in [5, 5.41) is 0. The van der Waals surface area contributed by atoms with E-state index in [9.17, 15) is 16.8 Å². The minimum atomic E-state index is -4.36. The van der Waals surface area contributed by atoms with Gasteiger partial charge in [-0.1, -0.05) is 48.5 Å². The van der Waals surface area contributed by atoms with Crippen LogP contribution in [0, 0.1) is 0 Å². The topological polar surface area (TPSA) is 80.8 Å². The summed E-state index contributed by atoms with van der Waals surface area (Å²) >= 11 is 0. The summed E-state index contributed by atoms with van der Waals surface area (Å²) in [5.41, 5.74) is 0.613. The molecule has 3 rings (SSSR count). The zero-order valence-corrected chi connectivity index (χ0v) is 17.2. The molecule has 0 bridgehead atoms. The van der Waals surface area contributed by atoms with Gasteiger partial charge in [0.05, 0.1) is 16.9 Å². The minimum Gasteiger partial charge on any atom is -0.497 e. The Morgan fingerprint density at radius 2 is 1.14 bits per heavy atom. The van der Waals surface area contributed by atoms with Crippen LogP contribution in [-0.2, 0) is 20.0 Å². The second-order valence-corrected chi connectivity index (χ2v) is 9.81. The van der Waals surface area contributed by atoms with Gasteiger partial charge in [0.15, 0.2) is 0 Å². The molecule has 6 nitrogen and oxygen atoms in total. The van der Waals surface area contributed by atoms with Crippen molar-refractivity contribution in [2.75, 3.05) is 7.11 Å². The molecular formula is C21H19NO5S2. The summed E-state index contributed by atoms with van der Waals surface area (Å²) in [6.45, 7) is 0. The van der Waals surface area contributed by atoms with Gasteiger partial charge in [0.25, 0.3) is 20.0 Å². The molecule has 0 aliphatic carbocycles. The largest absolute Gasteiger partial charge is 0.497 e. The van der Waals surface area contributed by atoms with Gasteiger partial charge < -0.3 is 4.74 Å². The van der Waals surface area contributed by atoms with Crippen LogP contribution in [0.5, 0.6) is 5.75 Å². The maximum Gasteiger partial charge on any atom is 0.277 e. The van der Waals surface area contributed by atoms with Crippen LogP contribution in [0.3, 0.4) is 0 Å². The predicted octanol–water partition coefficient (Wildman–Crippen LogP) is 3.75. The average molecular weight is 430 g/mol. The molecule has 0 aromatic heterocycles. The molecule has 8 heteroatoms. The lowest BCUT2D eigenvalue weighted by atomic mass is 10.2. The first-order valence-corrected chi connectivity index (χ1v) is 11.5. The van der Waals surface area contributed by atoms with Gasteiger partial charge in [-0.2, -0.15) is 3.71 Å². The van der Waals surface area contributed by atoms with Crippen molar-refractivity contribution in [1.29, 1.82) is 0 Å². The highest BCUT2D eigenvalue weighted by Gasteiger charge is 2.33. The van der Waals surface area contributed by atoms with Gasteiger partial charge >= 0.3 is 0 Å². The van der Waals surface area contributed by atoms with E-state index in [1.165, 1.54) is 61.7 Å². The average Bonchev–Trinajstić information content (AvgIpc) is 2.75. The van der Waals surface area contributed by atoms with Crippen LogP contribution in [0.1, 0.15) is 5.56 Å². The molecule has 0 saturated carbocycles. The number of hydrogen-bond donors (Lipinski definition) is 0. The Labute approximate surface area is 170 Å². The van der Waals surface area contributed by atoms with E-state index in [0.29, 0.717) is 15.0 Å². The first-order valence-electron chi connectivity index (χ1n) is 8.58. The van der Waals surface area contributed by atoms with Gasteiger partial charge in [-0.25, -0.2) is 16.8 Å². The normalized spacial score (nSPS) is 12.0. The van der Waals surface area contributed by atoms with Crippen molar-refractivity contribution in [3.05, 3.63) is 96.7 Å². The minimum absolute atomic E-state index is 0.126. The number of hydrogen-bond acceptors (Lipinski definition) is 5. The van der Waals surface area contributed by atoms with Gasteiger partial charge in [-0.15, -0.1) is 0 Å². The Balaban J connectivity index is 2.10. The summed E-state index contributed by atoms with van der Waals surface area (Å²) in [6.07, 6.45) is 2.47. The Bertz CT molecular complexity index is 1120. The lowest BCUT2D eigenvalue weighted by Crippen LogP contribution is -2.32. The van der Waals surface area contributed by atoms with E-state index in [1.54, 1.807) is 36.4 Å². The Hall–Kier alpha value is -3.10. The van der Waals surface area contributed by atoms with Crippen LogP contribution in [0.15, 0.2) is 101 Å². The number of ether oxygens (including phenoxy) is 1. The number of rotatable bonds is 7. The van der Waals surface area contributed by atoms with Crippen molar-refractivity contribution >= 4 is 26.1 Å². The smallest absolute Gasteiger partial charge is 0.277 e. The quantitative estimate of drug-likeness (QED) is 0.571. The fourth-order valence-corrected chi connectivity index (χ4v) is 5.95. The standard InChI is InChI=1S/C21H19NO5S2/c1-27-19-14-12-18(13-15-19)16-17-22(28(23,24)20-8-4-2-5-9-20)29(25,26)21-10-6-3-7-11-21/h2-17H,1H3/b17-16+. The lowest BCUT2D eigenvalue weighted by molar-refractivity contribution is 0.415. The third-order valence-electron chi connectivity index (χ3n) is 4.06. The summed E-state index contributed by atoms with van der Waals surface area (Å²) in [6, 6.07) is 21.6. The second kappa shape index (κ2) is 8.50. The highest BCUT2D eigenvalue weighted by Crippen LogP contribution is 2.25. The molecular weight excluding hydrogens is 410 g/mol. The highest BCUT2D eigenvalue weighted by molar-refractivity contribution is 8.04. The van der Waals surface area contributed by atoms with Crippen LogP contribution in [0.4, 0.5) is 0 Å². The SMILES string of the molecule is COc1ccc(/C=C/N(S(=O)(=O)c2ccccc2)S(=O)(=O)c2ccccc2)cc1. The van der Waals surface area contributed by atoms with Gasteiger partial charge in [-0.05, 0) is 48.0 Å². The molecule has 0 radical (unpaired) electrons. The van der Waals surface area contributed by atoms with Crippen LogP contribution in [-0.4, -0.2) is 27.7 Å². The van der Waals surface area contributed by atoms with E-state index in [-0.39, 0.29) is 9.79 Å². The maximum absolute atomic E-state index is 13.1. The lowest BCUT2D eigenvalue weighted by Gasteiger charge is -2.20. The van der Waals surface area contributed by atoms with Crippen molar-refractivity contribution in [3.8, 4) is 5.75 Å². The Morgan fingerprint density at radius 1 is 0.690 bits per heavy atom. The van der Waals surface area contributed by atoms with Crippen LogP contribution >= 0.6 is 0 Å². The van der Waals surface area contributed by atoms with E-state index < -0.39 is 20.0 Å². The van der Waals surface area contributed by atoms with Crippen molar-refractivity contribution in [2.24, 2.45) is 0 Å². The van der Waals surface area contributed by atoms with Gasteiger partial charge in [0, 0.05) is 6.20 Å². The van der Waals surface area contributed by atoms with Gasteiger partial charge in [-0.3, -0.25) is 0 Å². The molecule has 0 amide bonds. The first kappa shape index (κ1) is 20.6. The van der Waals surface area contributed by atoms with E-state index in [0.717, 1.165) is 6.20 Å². The molecule has 0 spiro atoms. The molecule has 150 valence electrons. The van der Waals surface area contributed by atoms with Crippen molar-refractivity contribution in [2.45, 2.75) is 9.79 Å². The van der Waals surface area contributed by atoms with Gasteiger partial charge in [0.2, 0.25) is 0 Å². The molecule has 0 heterocycles. The number of methoxy groups -OCH3 is 1. The molecule has 0 aliphatic heterocycles. The van der Waals surface area contributed by atoms with Crippen molar-refractivity contribution in [3.63, 3.8) is 0 Å². The van der Waals surface area contributed by atoms with Crippen LogP contribution < -0.4 is 4.74 Å². The third kappa shape index (κ3) is 4.49. The summed E-state index contributed by atoms with van der Waals surface area (Å²) in [7, 11) is -7.18.